The van der Waals surface area contributed by atoms with Crippen LogP contribution in [0.1, 0.15) is 21.6 Å². The molecule has 2 aromatic rings. The standard InChI is InChI=1S/C17H21ClN4O2/c1-12-15(10-19-20-12)17(23)22-7-5-21(6-8-22)11-13-9-14(18)3-4-16(13)24-2/h3-4,9-10H,5-8,11H2,1-2H3,(H,19,20). The predicted molar refractivity (Wildman–Crippen MR) is 92.5 cm³/mol. The molecule has 0 atom stereocenters. The highest BCUT2D eigenvalue weighted by Crippen LogP contribution is 2.24. The lowest BCUT2D eigenvalue weighted by molar-refractivity contribution is 0.0627. The van der Waals surface area contributed by atoms with Gasteiger partial charge in [-0.1, -0.05) is 11.6 Å². The van der Waals surface area contributed by atoms with Crippen LogP contribution in [0.3, 0.4) is 0 Å². The number of amides is 1. The lowest BCUT2D eigenvalue weighted by Gasteiger charge is -2.35. The molecule has 1 amide bonds. The quantitative estimate of drug-likeness (QED) is 0.921. The summed E-state index contributed by atoms with van der Waals surface area (Å²) in [4.78, 5) is 16.7. The molecular weight excluding hydrogens is 328 g/mol. The first-order valence-electron chi connectivity index (χ1n) is 7.92. The van der Waals surface area contributed by atoms with Crippen molar-refractivity contribution in [1.82, 2.24) is 20.0 Å². The number of H-pyrrole nitrogens is 1. The van der Waals surface area contributed by atoms with Gasteiger partial charge in [-0.15, -0.1) is 0 Å². The molecular formula is C17H21ClN4O2. The Balaban J connectivity index is 1.61. The Kier molecular flexibility index (Phi) is 5.06. The molecule has 128 valence electrons. The minimum Gasteiger partial charge on any atom is -0.496 e. The van der Waals surface area contributed by atoms with Gasteiger partial charge in [0.05, 0.1) is 18.9 Å². The van der Waals surface area contributed by atoms with Crippen molar-refractivity contribution < 1.29 is 9.53 Å². The average Bonchev–Trinajstić information content (AvgIpc) is 3.01. The molecule has 1 aliphatic rings. The number of carbonyl (C=O) groups is 1. The number of rotatable bonds is 4. The Morgan fingerprint density at radius 2 is 2.08 bits per heavy atom. The highest BCUT2D eigenvalue weighted by atomic mass is 35.5. The van der Waals surface area contributed by atoms with Gasteiger partial charge in [0.1, 0.15) is 5.75 Å². The first-order chi connectivity index (χ1) is 11.6. The van der Waals surface area contributed by atoms with Gasteiger partial charge >= 0.3 is 0 Å². The maximum absolute atomic E-state index is 12.5. The summed E-state index contributed by atoms with van der Waals surface area (Å²) in [7, 11) is 1.66. The number of nitrogens with one attached hydrogen (secondary N) is 1. The predicted octanol–water partition coefficient (Wildman–Crippen LogP) is 2.34. The zero-order chi connectivity index (χ0) is 17.1. The summed E-state index contributed by atoms with van der Waals surface area (Å²) in [5.41, 5.74) is 2.53. The Labute approximate surface area is 146 Å². The van der Waals surface area contributed by atoms with Gasteiger partial charge in [-0.25, -0.2) is 0 Å². The molecule has 1 fully saturated rings. The van der Waals surface area contributed by atoms with Gasteiger partial charge in [-0.05, 0) is 25.1 Å². The largest absolute Gasteiger partial charge is 0.496 e. The van der Waals surface area contributed by atoms with Crippen molar-refractivity contribution in [2.24, 2.45) is 0 Å². The molecule has 2 heterocycles. The number of hydrogen-bond acceptors (Lipinski definition) is 4. The molecule has 0 spiro atoms. The summed E-state index contributed by atoms with van der Waals surface area (Å²) in [5, 5.41) is 7.44. The molecule has 1 aromatic carbocycles. The van der Waals surface area contributed by atoms with Gasteiger partial charge in [-0.2, -0.15) is 5.10 Å². The van der Waals surface area contributed by atoms with Crippen molar-refractivity contribution in [2.45, 2.75) is 13.5 Å². The van der Waals surface area contributed by atoms with Crippen molar-refractivity contribution >= 4 is 17.5 Å². The summed E-state index contributed by atoms with van der Waals surface area (Å²) < 4.78 is 5.40. The van der Waals surface area contributed by atoms with Crippen LogP contribution in [-0.4, -0.2) is 59.2 Å². The third kappa shape index (κ3) is 3.55. The first kappa shape index (κ1) is 16.8. The van der Waals surface area contributed by atoms with Crippen LogP contribution in [0.15, 0.2) is 24.4 Å². The van der Waals surface area contributed by atoms with E-state index < -0.39 is 0 Å². The van der Waals surface area contributed by atoms with Crippen LogP contribution in [0, 0.1) is 6.92 Å². The number of piperazine rings is 1. The average molecular weight is 349 g/mol. The fourth-order valence-electron chi connectivity index (χ4n) is 2.96. The number of aromatic amines is 1. The second-order valence-corrected chi connectivity index (χ2v) is 6.37. The number of aryl methyl sites for hydroxylation is 1. The minimum atomic E-state index is 0.0428. The monoisotopic (exact) mass is 348 g/mol. The van der Waals surface area contributed by atoms with E-state index in [0.717, 1.165) is 36.6 Å². The van der Waals surface area contributed by atoms with E-state index in [1.165, 1.54) is 0 Å². The Hall–Kier alpha value is -2.05. The molecule has 0 unspecified atom stereocenters. The van der Waals surface area contributed by atoms with Crippen molar-refractivity contribution in [3.8, 4) is 5.75 Å². The van der Waals surface area contributed by atoms with Gasteiger partial charge in [0.2, 0.25) is 0 Å². The molecule has 1 aliphatic heterocycles. The molecule has 0 aliphatic carbocycles. The van der Waals surface area contributed by atoms with E-state index in [0.29, 0.717) is 23.7 Å². The van der Waals surface area contributed by atoms with Crippen molar-refractivity contribution in [1.29, 1.82) is 0 Å². The fraction of sp³-hybridized carbons (Fsp3) is 0.412. The van der Waals surface area contributed by atoms with Crippen LogP contribution in [0.25, 0.3) is 0 Å². The number of benzene rings is 1. The zero-order valence-electron chi connectivity index (χ0n) is 13.9. The minimum absolute atomic E-state index is 0.0428. The van der Waals surface area contributed by atoms with Gasteiger partial charge in [0, 0.05) is 49.0 Å². The van der Waals surface area contributed by atoms with Crippen molar-refractivity contribution in [2.75, 3.05) is 33.3 Å². The molecule has 0 saturated carbocycles. The molecule has 6 nitrogen and oxygen atoms in total. The van der Waals surface area contributed by atoms with Crippen LogP contribution in [0.5, 0.6) is 5.75 Å². The number of ether oxygens (including phenoxy) is 1. The number of hydrogen-bond donors (Lipinski definition) is 1. The highest BCUT2D eigenvalue weighted by molar-refractivity contribution is 6.30. The lowest BCUT2D eigenvalue weighted by atomic mass is 10.1. The number of halogens is 1. The Morgan fingerprint density at radius 1 is 1.33 bits per heavy atom. The topological polar surface area (TPSA) is 61.5 Å². The van der Waals surface area contributed by atoms with E-state index in [4.69, 9.17) is 16.3 Å². The normalized spacial score (nSPS) is 15.5. The molecule has 1 aromatic heterocycles. The number of nitrogens with zero attached hydrogens (tertiary/aromatic N) is 3. The zero-order valence-corrected chi connectivity index (χ0v) is 14.6. The van der Waals surface area contributed by atoms with Crippen LogP contribution in [-0.2, 0) is 6.54 Å². The van der Waals surface area contributed by atoms with Gasteiger partial charge in [0.15, 0.2) is 0 Å². The smallest absolute Gasteiger partial charge is 0.257 e. The fourth-order valence-corrected chi connectivity index (χ4v) is 3.15. The maximum Gasteiger partial charge on any atom is 0.257 e. The van der Waals surface area contributed by atoms with Gasteiger partial charge in [-0.3, -0.25) is 14.8 Å². The summed E-state index contributed by atoms with van der Waals surface area (Å²) in [6, 6.07) is 5.65. The molecule has 24 heavy (non-hydrogen) atoms. The van der Waals surface area contributed by atoms with Crippen LogP contribution in [0.2, 0.25) is 5.02 Å². The summed E-state index contributed by atoms with van der Waals surface area (Å²) in [6.07, 6.45) is 1.60. The van der Waals surface area contributed by atoms with E-state index in [9.17, 15) is 4.79 Å². The van der Waals surface area contributed by atoms with E-state index in [1.54, 1.807) is 13.3 Å². The summed E-state index contributed by atoms with van der Waals surface area (Å²) >= 11 is 6.09. The second-order valence-electron chi connectivity index (χ2n) is 5.93. The van der Waals surface area contributed by atoms with E-state index in [1.807, 2.05) is 30.0 Å². The third-order valence-corrected chi connectivity index (χ3v) is 4.59. The second kappa shape index (κ2) is 7.23. The van der Waals surface area contributed by atoms with E-state index >= 15 is 0 Å². The molecule has 1 saturated heterocycles. The number of methoxy groups -OCH3 is 1. The van der Waals surface area contributed by atoms with Gasteiger partial charge < -0.3 is 9.64 Å². The van der Waals surface area contributed by atoms with Gasteiger partial charge in [0.25, 0.3) is 5.91 Å². The number of carbonyl (C=O) groups excluding carboxylic acids is 1. The van der Waals surface area contributed by atoms with E-state index in [2.05, 4.69) is 15.1 Å². The Bertz CT molecular complexity index is 723. The third-order valence-electron chi connectivity index (χ3n) is 4.36. The van der Waals surface area contributed by atoms with Crippen LogP contribution >= 0.6 is 11.6 Å². The van der Waals surface area contributed by atoms with Crippen LogP contribution < -0.4 is 4.74 Å². The lowest BCUT2D eigenvalue weighted by Crippen LogP contribution is -2.48. The first-order valence-corrected chi connectivity index (χ1v) is 8.30. The molecule has 0 radical (unpaired) electrons. The summed E-state index contributed by atoms with van der Waals surface area (Å²) in [6.45, 7) is 5.66. The molecule has 0 bridgehead atoms. The highest BCUT2D eigenvalue weighted by Gasteiger charge is 2.24. The van der Waals surface area contributed by atoms with Crippen molar-refractivity contribution in [3.05, 3.63) is 46.2 Å². The van der Waals surface area contributed by atoms with E-state index in [-0.39, 0.29) is 5.91 Å². The Morgan fingerprint density at radius 3 is 2.71 bits per heavy atom. The summed E-state index contributed by atoms with van der Waals surface area (Å²) in [5.74, 6) is 0.883. The number of aromatic nitrogens is 2. The molecule has 1 N–H and O–H groups in total. The maximum atomic E-state index is 12.5. The van der Waals surface area contributed by atoms with Crippen LogP contribution in [0.4, 0.5) is 0 Å². The van der Waals surface area contributed by atoms with Crippen molar-refractivity contribution in [3.63, 3.8) is 0 Å². The molecule has 3 rings (SSSR count). The SMILES string of the molecule is COc1ccc(Cl)cc1CN1CCN(C(=O)c2cn[nH]c2C)CC1. The molecule has 7 heteroatoms.